The fourth-order valence-electron chi connectivity index (χ4n) is 2.92. The van der Waals surface area contributed by atoms with E-state index in [4.69, 9.17) is 14.0 Å². The number of aromatic nitrogens is 1. The Morgan fingerprint density at radius 2 is 2.24 bits per heavy atom. The van der Waals surface area contributed by atoms with Gasteiger partial charge in [0.15, 0.2) is 5.76 Å². The molecular formula is C19H24N2O4. The van der Waals surface area contributed by atoms with Crippen LogP contribution in [0.3, 0.4) is 0 Å². The van der Waals surface area contributed by atoms with E-state index in [1.54, 1.807) is 7.11 Å². The van der Waals surface area contributed by atoms with Crippen LogP contribution in [0, 0.1) is 11.8 Å². The van der Waals surface area contributed by atoms with Crippen molar-refractivity contribution in [3.05, 3.63) is 41.3 Å². The molecule has 0 saturated carbocycles. The first kappa shape index (κ1) is 17.3. The zero-order valence-corrected chi connectivity index (χ0v) is 14.9. The molecule has 0 radical (unpaired) electrons. The summed E-state index contributed by atoms with van der Waals surface area (Å²) in [5, 5.41) is 6.94. The lowest BCUT2D eigenvalue weighted by molar-refractivity contribution is -0.126. The number of amides is 1. The Kier molecular flexibility index (Phi) is 5.26. The first-order valence-corrected chi connectivity index (χ1v) is 8.57. The molecule has 0 spiro atoms. The zero-order valence-electron chi connectivity index (χ0n) is 14.9. The van der Waals surface area contributed by atoms with E-state index in [0.29, 0.717) is 31.3 Å². The van der Waals surface area contributed by atoms with E-state index in [2.05, 4.69) is 24.3 Å². The number of hydrogen-bond donors (Lipinski definition) is 1. The van der Waals surface area contributed by atoms with Crippen LogP contribution < -0.4 is 14.8 Å². The van der Waals surface area contributed by atoms with Gasteiger partial charge in [-0.15, -0.1) is 0 Å². The fourth-order valence-corrected chi connectivity index (χ4v) is 2.92. The first-order valence-electron chi connectivity index (χ1n) is 8.57. The van der Waals surface area contributed by atoms with E-state index in [1.165, 1.54) is 0 Å². The third kappa shape index (κ3) is 4.32. The molecule has 1 aliphatic rings. The average molecular weight is 344 g/mol. The molecule has 6 nitrogen and oxygen atoms in total. The third-order valence-corrected chi connectivity index (χ3v) is 4.21. The van der Waals surface area contributed by atoms with Crippen LogP contribution >= 0.6 is 0 Å². The maximum absolute atomic E-state index is 12.4. The summed E-state index contributed by atoms with van der Waals surface area (Å²) in [6.07, 6.45) is 1.52. The van der Waals surface area contributed by atoms with Gasteiger partial charge in [0, 0.05) is 12.1 Å². The van der Waals surface area contributed by atoms with Gasteiger partial charge in [0.2, 0.25) is 5.91 Å². The largest absolute Gasteiger partial charge is 0.497 e. The third-order valence-electron chi connectivity index (χ3n) is 4.21. The van der Waals surface area contributed by atoms with E-state index in [-0.39, 0.29) is 11.8 Å². The minimum atomic E-state index is -0.209. The molecule has 1 aromatic heterocycles. The van der Waals surface area contributed by atoms with Crippen LogP contribution in [-0.2, 0) is 24.2 Å². The number of ether oxygens (including phenoxy) is 2. The molecule has 2 heterocycles. The number of benzene rings is 1. The monoisotopic (exact) mass is 344 g/mol. The van der Waals surface area contributed by atoms with Crippen LogP contribution in [0.5, 0.6) is 11.5 Å². The van der Waals surface area contributed by atoms with E-state index < -0.39 is 0 Å². The van der Waals surface area contributed by atoms with Gasteiger partial charge in [-0.3, -0.25) is 4.79 Å². The van der Waals surface area contributed by atoms with Crippen molar-refractivity contribution in [1.82, 2.24) is 10.5 Å². The molecule has 1 amide bonds. The van der Waals surface area contributed by atoms with Crippen molar-refractivity contribution in [1.29, 1.82) is 0 Å². The smallest absolute Gasteiger partial charge is 0.227 e. The van der Waals surface area contributed by atoms with Gasteiger partial charge in [0.05, 0.1) is 25.3 Å². The number of carbonyl (C=O) groups excluding carboxylic acids is 1. The van der Waals surface area contributed by atoms with Crippen molar-refractivity contribution in [2.75, 3.05) is 13.7 Å². The van der Waals surface area contributed by atoms with E-state index in [0.717, 1.165) is 29.2 Å². The second-order valence-electron chi connectivity index (χ2n) is 6.79. The molecule has 0 aliphatic carbocycles. The first-order chi connectivity index (χ1) is 12.0. The van der Waals surface area contributed by atoms with Crippen LogP contribution in [0.1, 0.15) is 30.9 Å². The highest BCUT2D eigenvalue weighted by Gasteiger charge is 2.26. The Hall–Kier alpha value is -2.50. The molecular weight excluding hydrogens is 320 g/mol. The van der Waals surface area contributed by atoms with Crippen LogP contribution in [0.15, 0.2) is 28.8 Å². The Morgan fingerprint density at radius 3 is 3.00 bits per heavy atom. The minimum Gasteiger partial charge on any atom is -0.497 e. The topological polar surface area (TPSA) is 73.6 Å². The molecule has 1 aromatic carbocycles. The number of nitrogens with one attached hydrogen (secondary N) is 1. The lowest BCUT2D eigenvalue weighted by atomic mass is 9.96. The molecule has 0 fully saturated rings. The predicted molar refractivity (Wildman–Crippen MR) is 92.6 cm³/mol. The van der Waals surface area contributed by atoms with Crippen molar-refractivity contribution in [2.24, 2.45) is 11.8 Å². The summed E-state index contributed by atoms with van der Waals surface area (Å²) in [6, 6.07) is 7.59. The van der Waals surface area contributed by atoms with Gasteiger partial charge < -0.3 is 19.3 Å². The van der Waals surface area contributed by atoms with Crippen molar-refractivity contribution in [2.45, 2.75) is 33.2 Å². The lowest BCUT2D eigenvalue weighted by Crippen LogP contribution is -2.36. The van der Waals surface area contributed by atoms with Gasteiger partial charge in [-0.1, -0.05) is 25.1 Å². The Labute approximate surface area is 147 Å². The molecule has 2 aromatic rings. The van der Waals surface area contributed by atoms with Crippen molar-refractivity contribution in [3.63, 3.8) is 0 Å². The Morgan fingerprint density at radius 1 is 1.40 bits per heavy atom. The predicted octanol–water partition coefficient (Wildman–Crippen LogP) is 2.75. The standard InChI is InChI=1S/C19H24N2O4/c1-12(2)6-15-8-17(25-21-15)10-20-19(22)14-7-13-4-5-16(23-3)9-18(13)24-11-14/h4-5,8-9,12,14H,6-7,10-11H2,1-3H3,(H,20,22). The van der Waals surface area contributed by atoms with Crippen molar-refractivity contribution < 1.29 is 18.8 Å². The molecule has 1 aliphatic heterocycles. The van der Waals surface area contributed by atoms with Crippen LogP contribution in [0.25, 0.3) is 0 Å². The summed E-state index contributed by atoms with van der Waals surface area (Å²) in [5.41, 5.74) is 1.94. The maximum atomic E-state index is 12.4. The van der Waals surface area contributed by atoms with Crippen LogP contribution in [0.2, 0.25) is 0 Å². The highest BCUT2D eigenvalue weighted by atomic mass is 16.5. The van der Waals surface area contributed by atoms with Gasteiger partial charge in [-0.25, -0.2) is 0 Å². The van der Waals surface area contributed by atoms with Gasteiger partial charge in [0.25, 0.3) is 0 Å². The van der Waals surface area contributed by atoms with E-state index in [9.17, 15) is 4.79 Å². The molecule has 0 saturated heterocycles. The highest BCUT2D eigenvalue weighted by Crippen LogP contribution is 2.31. The quantitative estimate of drug-likeness (QED) is 0.872. The maximum Gasteiger partial charge on any atom is 0.227 e. The zero-order chi connectivity index (χ0) is 17.8. The number of nitrogens with zero attached hydrogens (tertiary/aromatic N) is 1. The van der Waals surface area contributed by atoms with Crippen LogP contribution in [0.4, 0.5) is 0 Å². The Balaban J connectivity index is 1.54. The number of carbonyl (C=O) groups is 1. The van der Waals surface area contributed by atoms with Gasteiger partial charge >= 0.3 is 0 Å². The Bertz CT molecular complexity index is 739. The summed E-state index contributed by atoms with van der Waals surface area (Å²) in [6.45, 7) is 4.97. The second-order valence-corrected chi connectivity index (χ2v) is 6.79. The van der Waals surface area contributed by atoms with Gasteiger partial charge in [-0.2, -0.15) is 0 Å². The highest BCUT2D eigenvalue weighted by molar-refractivity contribution is 5.79. The van der Waals surface area contributed by atoms with E-state index >= 15 is 0 Å². The fraction of sp³-hybridized carbons (Fsp3) is 0.474. The molecule has 134 valence electrons. The molecule has 3 rings (SSSR count). The average Bonchev–Trinajstić information content (AvgIpc) is 3.05. The number of hydrogen-bond acceptors (Lipinski definition) is 5. The summed E-state index contributed by atoms with van der Waals surface area (Å²) in [4.78, 5) is 12.4. The number of rotatable bonds is 6. The lowest BCUT2D eigenvalue weighted by Gasteiger charge is -2.24. The number of methoxy groups -OCH3 is 1. The summed E-state index contributed by atoms with van der Waals surface area (Å²) < 4.78 is 16.2. The molecule has 1 atom stereocenters. The molecule has 25 heavy (non-hydrogen) atoms. The summed E-state index contributed by atoms with van der Waals surface area (Å²) in [5.74, 6) is 2.49. The van der Waals surface area contributed by atoms with Crippen molar-refractivity contribution in [3.8, 4) is 11.5 Å². The number of fused-ring (bicyclic) bond motifs is 1. The molecule has 1 unspecified atom stereocenters. The van der Waals surface area contributed by atoms with E-state index in [1.807, 2.05) is 24.3 Å². The summed E-state index contributed by atoms with van der Waals surface area (Å²) >= 11 is 0. The normalized spacial score (nSPS) is 16.2. The second kappa shape index (κ2) is 7.59. The van der Waals surface area contributed by atoms with Gasteiger partial charge in [-0.05, 0) is 30.4 Å². The molecule has 1 N–H and O–H groups in total. The minimum absolute atomic E-state index is 0.0386. The van der Waals surface area contributed by atoms with Crippen molar-refractivity contribution >= 4 is 5.91 Å². The SMILES string of the molecule is COc1ccc2c(c1)OCC(C(=O)NCc1cc(CC(C)C)no1)C2. The van der Waals surface area contributed by atoms with Crippen LogP contribution in [-0.4, -0.2) is 24.8 Å². The molecule has 6 heteroatoms. The van der Waals surface area contributed by atoms with Gasteiger partial charge in [0.1, 0.15) is 18.1 Å². The molecule has 0 bridgehead atoms. The summed E-state index contributed by atoms with van der Waals surface area (Å²) in [7, 11) is 1.62.